The van der Waals surface area contributed by atoms with Crippen molar-refractivity contribution in [1.29, 1.82) is 0 Å². The Morgan fingerprint density at radius 1 is 0.786 bits per heavy atom. The van der Waals surface area contributed by atoms with Crippen LogP contribution in [0.25, 0.3) is 0 Å². The van der Waals surface area contributed by atoms with Crippen LogP contribution in [0.3, 0.4) is 0 Å². The lowest BCUT2D eigenvalue weighted by atomic mass is 9.65. The third-order valence-corrected chi connectivity index (χ3v) is 7.90. The maximum Gasteiger partial charge on any atom is 0.131 e. The van der Waals surface area contributed by atoms with Crippen LogP contribution in [-0.4, -0.2) is 11.2 Å². The Labute approximate surface area is 170 Å². The molecule has 5 rings (SSSR count). The van der Waals surface area contributed by atoms with Crippen LogP contribution in [0.1, 0.15) is 90.2 Å². The zero-order chi connectivity index (χ0) is 19.8. The van der Waals surface area contributed by atoms with E-state index in [9.17, 15) is 0 Å². The first kappa shape index (κ1) is 18.3. The van der Waals surface area contributed by atoms with Crippen LogP contribution in [0.2, 0.25) is 0 Å². The normalized spacial score (nSPS) is 34.4. The molecule has 2 aliphatic carbocycles. The minimum atomic E-state index is -0.153. The van der Waals surface area contributed by atoms with Gasteiger partial charge in [0, 0.05) is 34.8 Å². The molecule has 4 unspecified atom stereocenters. The first-order chi connectivity index (χ1) is 13.2. The van der Waals surface area contributed by atoms with Crippen molar-refractivity contribution in [3.8, 4) is 11.5 Å². The van der Waals surface area contributed by atoms with E-state index < -0.39 is 0 Å². The molecule has 0 N–H and O–H groups in total. The van der Waals surface area contributed by atoms with Gasteiger partial charge in [-0.25, -0.2) is 0 Å². The van der Waals surface area contributed by atoms with Crippen molar-refractivity contribution < 1.29 is 9.47 Å². The van der Waals surface area contributed by atoms with E-state index in [2.05, 4.69) is 65.8 Å². The van der Waals surface area contributed by atoms with Gasteiger partial charge in [-0.05, 0) is 73.3 Å². The van der Waals surface area contributed by atoms with Crippen molar-refractivity contribution in [3.05, 3.63) is 46.6 Å². The van der Waals surface area contributed by atoms with Crippen molar-refractivity contribution in [1.82, 2.24) is 0 Å². The van der Waals surface area contributed by atoms with Crippen LogP contribution >= 0.6 is 0 Å². The second-order valence-electron chi connectivity index (χ2n) is 10.7. The molecular weight excluding hydrogens is 344 g/mol. The van der Waals surface area contributed by atoms with Gasteiger partial charge in [0.05, 0.1) is 0 Å². The van der Waals surface area contributed by atoms with Crippen LogP contribution in [0.5, 0.6) is 11.5 Å². The van der Waals surface area contributed by atoms with E-state index in [-0.39, 0.29) is 11.2 Å². The van der Waals surface area contributed by atoms with E-state index in [0.717, 1.165) is 11.5 Å². The summed E-state index contributed by atoms with van der Waals surface area (Å²) in [5, 5.41) is 0. The second-order valence-corrected chi connectivity index (χ2v) is 10.7. The molecule has 1 aromatic carbocycles. The quantitative estimate of drug-likeness (QED) is 0.457. The molecule has 2 heterocycles. The molecule has 0 fully saturated rings. The number of benzene rings is 1. The lowest BCUT2D eigenvalue weighted by Crippen LogP contribution is -2.48. The summed E-state index contributed by atoms with van der Waals surface area (Å²) in [5.74, 6) is 4.04. The number of hydrogen-bond donors (Lipinski definition) is 0. The first-order valence-electron chi connectivity index (χ1n) is 11.1. The molecule has 0 spiro atoms. The Kier molecular flexibility index (Phi) is 3.87. The molecule has 0 saturated carbocycles. The molecule has 2 heteroatoms. The fourth-order valence-corrected chi connectivity index (χ4v) is 6.37. The van der Waals surface area contributed by atoms with Gasteiger partial charge < -0.3 is 9.47 Å². The maximum atomic E-state index is 6.84. The number of rotatable bonds is 0. The molecule has 0 radical (unpaired) electrons. The van der Waals surface area contributed by atoms with Gasteiger partial charge in [0.25, 0.3) is 0 Å². The fraction of sp³-hybridized carbons (Fsp3) is 0.615. The lowest BCUT2D eigenvalue weighted by Gasteiger charge is -2.51. The van der Waals surface area contributed by atoms with Gasteiger partial charge in [0.1, 0.15) is 22.7 Å². The van der Waals surface area contributed by atoms with Gasteiger partial charge in [0.2, 0.25) is 0 Å². The van der Waals surface area contributed by atoms with Gasteiger partial charge in [-0.15, -0.1) is 0 Å². The van der Waals surface area contributed by atoms with Crippen molar-refractivity contribution in [2.75, 3.05) is 0 Å². The molecule has 0 aromatic heterocycles. The molecule has 2 nitrogen and oxygen atoms in total. The Balaban J connectivity index is 1.73. The van der Waals surface area contributed by atoms with Crippen LogP contribution in [0.15, 0.2) is 35.4 Å². The predicted molar refractivity (Wildman–Crippen MR) is 114 cm³/mol. The summed E-state index contributed by atoms with van der Waals surface area (Å²) in [4.78, 5) is 0. The Morgan fingerprint density at radius 2 is 1.36 bits per heavy atom. The third kappa shape index (κ3) is 2.60. The van der Waals surface area contributed by atoms with Gasteiger partial charge in [-0.3, -0.25) is 0 Å². The molecular formula is C26H34O2. The topological polar surface area (TPSA) is 18.5 Å². The van der Waals surface area contributed by atoms with E-state index in [4.69, 9.17) is 9.47 Å². The number of allylic oxidation sites excluding steroid dienone is 4. The summed E-state index contributed by atoms with van der Waals surface area (Å²) in [6.07, 6.45) is 9.79. The standard InChI is InChI=1S/C26H34O2/c1-15-7-10-20-18(13-15)17-9-12-22-23(24(17)28-26(20,5)6)19-14-16(2)8-11-21(19)25(3,4)27-22/h9,12-14,18-21H,7-8,10-11H2,1-6H3. The van der Waals surface area contributed by atoms with Gasteiger partial charge >= 0.3 is 0 Å². The molecule has 2 aliphatic heterocycles. The average Bonchev–Trinajstić information content (AvgIpc) is 2.59. The molecule has 4 atom stereocenters. The number of hydrogen-bond acceptors (Lipinski definition) is 2. The van der Waals surface area contributed by atoms with Gasteiger partial charge in [0.15, 0.2) is 0 Å². The van der Waals surface area contributed by atoms with E-state index in [0.29, 0.717) is 23.7 Å². The predicted octanol–water partition coefficient (Wildman–Crippen LogP) is 6.91. The highest BCUT2D eigenvalue weighted by Gasteiger charge is 2.50. The van der Waals surface area contributed by atoms with Crippen molar-refractivity contribution in [3.63, 3.8) is 0 Å². The largest absolute Gasteiger partial charge is 0.487 e. The van der Waals surface area contributed by atoms with Crippen LogP contribution in [0.4, 0.5) is 0 Å². The van der Waals surface area contributed by atoms with Crippen molar-refractivity contribution in [2.24, 2.45) is 11.8 Å². The average molecular weight is 379 g/mol. The van der Waals surface area contributed by atoms with Crippen LogP contribution in [-0.2, 0) is 0 Å². The van der Waals surface area contributed by atoms with Crippen molar-refractivity contribution in [2.45, 2.75) is 90.3 Å². The highest BCUT2D eigenvalue weighted by Crippen LogP contribution is 2.59. The summed E-state index contributed by atoms with van der Waals surface area (Å²) in [7, 11) is 0. The zero-order valence-electron chi connectivity index (χ0n) is 18.3. The molecule has 150 valence electrons. The highest BCUT2D eigenvalue weighted by atomic mass is 16.5. The number of fused-ring (bicyclic) bond motifs is 7. The zero-order valence-corrected chi connectivity index (χ0v) is 18.3. The summed E-state index contributed by atoms with van der Waals surface area (Å²) < 4.78 is 13.4. The Bertz CT molecular complexity index is 886. The second kappa shape index (κ2) is 5.90. The highest BCUT2D eigenvalue weighted by molar-refractivity contribution is 5.59. The minimum Gasteiger partial charge on any atom is -0.487 e. The van der Waals surface area contributed by atoms with E-state index in [1.807, 2.05) is 0 Å². The molecule has 0 saturated heterocycles. The van der Waals surface area contributed by atoms with Gasteiger partial charge in [-0.2, -0.15) is 0 Å². The lowest BCUT2D eigenvalue weighted by molar-refractivity contribution is -0.00568. The summed E-state index contributed by atoms with van der Waals surface area (Å²) in [6.45, 7) is 13.7. The van der Waals surface area contributed by atoms with E-state index in [1.54, 1.807) is 0 Å². The SMILES string of the molecule is CC1=CC2c3ccc4c(c3OC(C)(C)C2CC1)C1C=C(C)CCC1C(C)(C)O4. The van der Waals surface area contributed by atoms with E-state index >= 15 is 0 Å². The summed E-state index contributed by atoms with van der Waals surface area (Å²) >= 11 is 0. The molecule has 4 aliphatic rings. The first-order valence-corrected chi connectivity index (χ1v) is 11.1. The van der Waals surface area contributed by atoms with Crippen LogP contribution < -0.4 is 9.47 Å². The number of ether oxygens (including phenoxy) is 2. The minimum absolute atomic E-state index is 0.142. The molecule has 28 heavy (non-hydrogen) atoms. The smallest absolute Gasteiger partial charge is 0.131 e. The Morgan fingerprint density at radius 3 is 2.04 bits per heavy atom. The molecule has 1 aromatic rings. The van der Waals surface area contributed by atoms with Crippen LogP contribution in [0, 0.1) is 11.8 Å². The molecule has 0 bridgehead atoms. The monoisotopic (exact) mass is 378 g/mol. The summed E-state index contributed by atoms with van der Waals surface area (Å²) in [6, 6.07) is 4.51. The molecule has 0 amide bonds. The Hall–Kier alpha value is -1.70. The fourth-order valence-electron chi connectivity index (χ4n) is 6.37. The van der Waals surface area contributed by atoms with E-state index in [1.165, 1.54) is 48.0 Å². The maximum absolute atomic E-state index is 6.84. The third-order valence-electron chi connectivity index (χ3n) is 7.90. The van der Waals surface area contributed by atoms with Gasteiger partial charge in [-0.1, -0.05) is 29.4 Å². The summed E-state index contributed by atoms with van der Waals surface area (Å²) in [5.41, 5.74) is 5.41. The van der Waals surface area contributed by atoms with Crippen molar-refractivity contribution >= 4 is 0 Å².